The Morgan fingerprint density at radius 3 is 2.36 bits per heavy atom. The molecule has 5 rings (SSSR count). The van der Waals surface area contributed by atoms with Gasteiger partial charge in [-0.15, -0.1) is 0 Å². The molecule has 2 N–H and O–H groups in total. The second-order valence-corrected chi connectivity index (χ2v) is 8.90. The van der Waals surface area contributed by atoms with Crippen LogP contribution in [0.5, 0.6) is 0 Å². The standard InChI is InChI=1S/C29H25ClN2O/c30-24-13-10-21(11-14-24)27-8-4-5-9-28(27)29(33)32-25-15-12-22-16-26(18-23(22)17-25)31-19-20-6-2-1-3-7-20/h1-15,17,26,31H,16,18-19H2,(H,32,33). The first-order valence-electron chi connectivity index (χ1n) is 11.2. The zero-order valence-electron chi connectivity index (χ0n) is 18.2. The summed E-state index contributed by atoms with van der Waals surface area (Å²) in [7, 11) is 0. The number of fused-ring (bicyclic) bond motifs is 1. The van der Waals surface area contributed by atoms with Crippen LogP contribution in [0.1, 0.15) is 27.0 Å². The quantitative estimate of drug-likeness (QED) is 0.350. The van der Waals surface area contributed by atoms with Crippen molar-refractivity contribution in [2.24, 2.45) is 0 Å². The van der Waals surface area contributed by atoms with E-state index in [4.69, 9.17) is 11.6 Å². The van der Waals surface area contributed by atoms with Gasteiger partial charge < -0.3 is 10.6 Å². The molecule has 0 aromatic heterocycles. The highest BCUT2D eigenvalue weighted by Gasteiger charge is 2.22. The van der Waals surface area contributed by atoms with Gasteiger partial charge in [0.05, 0.1) is 0 Å². The highest BCUT2D eigenvalue weighted by atomic mass is 35.5. The molecule has 0 spiro atoms. The van der Waals surface area contributed by atoms with Crippen LogP contribution in [0.15, 0.2) is 97.1 Å². The first kappa shape index (κ1) is 21.4. The summed E-state index contributed by atoms with van der Waals surface area (Å²) in [6.45, 7) is 0.866. The Morgan fingerprint density at radius 2 is 1.55 bits per heavy atom. The molecule has 4 aromatic rings. The molecule has 4 heteroatoms. The van der Waals surface area contributed by atoms with E-state index in [2.05, 4.69) is 47.0 Å². The van der Waals surface area contributed by atoms with Gasteiger partial charge in [-0.3, -0.25) is 4.79 Å². The molecule has 1 amide bonds. The Hall–Kier alpha value is -3.40. The summed E-state index contributed by atoms with van der Waals surface area (Å²) >= 11 is 6.03. The monoisotopic (exact) mass is 452 g/mol. The van der Waals surface area contributed by atoms with Crippen molar-refractivity contribution in [2.75, 3.05) is 5.32 Å². The van der Waals surface area contributed by atoms with E-state index in [1.54, 1.807) is 0 Å². The average Bonchev–Trinajstić information content (AvgIpc) is 3.26. The number of anilines is 1. The molecular formula is C29H25ClN2O. The lowest BCUT2D eigenvalue weighted by atomic mass is 9.99. The van der Waals surface area contributed by atoms with Crippen LogP contribution in [0.3, 0.4) is 0 Å². The molecule has 4 aromatic carbocycles. The third-order valence-electron chi connectivity index (χ3n) is 6.16. The molecule has 1 unspecified atom stereocenters. The molecule has 0 saturated heterocycles. The first-order chi connectivity index (χ1) is 16.2. The third kappa shape index (κ3) is 5.00. The second-order valence-electron chi connectivity index (χ2n) is 8.46. The number of halogens is 1. The van der Waals surface area contributed by atoms with Crippen LogP contribution in [0.25, 0.3) is 11.1 Å². The van der Waals surface area contributed by atoms with Crippen LogP contribution in [0, 0.1) is 0 Å². The molecule has 0 aliphatic heterocycles. The van der Waals surface area contributed by atoms with Crippen molar-refractivity contribution in [2.45, 2.75) is 25.4 Å². The molecule has 1 aliphatic carbocycles. The molecule has 0 bridgehead atoms. The normalized spacial score (nSPS) is 14.6. The topological polar surface area (TPSA) is 41.1 Å². The van der Waals surface area contributed by atoms with Gasteiger partial charge in [-0.1, -0.05) is 78.3 Å². The van der Waals surface area contributed by atoms with Crippen LogP contribution in [0.2, 0.25) is 5.02 Å². The largest absolute Gasteiger partial charge is 0.322 e. The maximum atomic E-state index is 13.1. The number of carbonyl (C=O) groups excluding carboxylic acids is 1. The van der Waals surface area contributed by atoms with Gasteiger partial charge in [0.15, 0.2) is 0 Å². The lowest BCUT2D eigenvalue weighted by Crippen LogP contribution is -2.28. The predicted molar refractivity (Wildman–Crippen MR) is 136 cm³/mol. The summed E-state index contributed by atoms with van der Waals surface area (Å²) in [6, 6.07) is 32.3. The average molecular weight is 453 g/mol. The molecule has 0 saturated carbocycles. The summed E-state index contributed by atoms with van der Waals surface area (Å²) in [5.74, 6) is -0.114. The molecule has 0 fully saturated rings. The number of nitrogens with one attached hydrogen (secondary N) is 2. The first-order valence-corrected chi connectivity index (χ1v) is 11.6. The van der Waals surface area contributed by atoms with Crippen LogP contribution in [-0.4, -0.2) is 11.9 Å². The lowest BCUT2D eigenvalue weighted by molar-refractivity contribution is 0.102. The Labute approximate surface area is 199 Å². The fourth-order valence-electron chi connectivity index (χ4n) is 4.46. The van der Waals surface area contributed by atoms with E-state index in [9.17, 15) is 4.79 Å². The van der Waals surface area contributed by atoms with E-state index >= 15 is 0 Å². The number of amides is 1. The summed E-state index contributed by atoms with van der Waals surface area (Å²) in [6.07, 6.45) is 1.98. The molecule has 3 nitrogen and oxygen atoms in total. The van der Waals surface area contributed by atoms with Gasteiger partial charge in [0.1, 0.15) is 0 Å². The molecule has 1 atom stereocenters. The Kier molecular flexibility index (Phi) is 6.25. The zero-order chi connectivity index (χ0) is 22.6. The maximum absolute atomic E-state index is 13.1. The summed E-state index contributed by atoms with van der Waals surface area (Å²) in [5.41, 5.74) is 7.26. The van der Waals surface area contributed by atoms with Crippen molar-refractivity contribution >= 4 is 23.2 Å². The minimum atomic E-state index is -0.114. The fourth-order valence-corrected chi connectivity index (χ4v) is 4.59. The number of hydrogen-bond acceptors (Lipinski definition) is 2. The molecule has 0 heterocycles. The van der Waals surface area contributed by atoms with E-state index in [-0.39, 0.29) is 5.91 Å². The van der Waals surface area contributed by atoms with Gasteiger partial charge in [0.2, 0.25) is 0 Å². The minimum absolute atomic E-state index is 0.114. The van der Waals surface area contributed by atoms with E-state index in [0.29, 0.717) is 16.6 Å². The van der Waals surface area contributed by atoms with Crippen molar-refractivity contribution in [3.8, 4) is 11.1 Å². The Balaban J connectivity index is 1.27. The van der Waals surface area contributed by atoms with E-state index in [1.165, 1.54) is 16.7 Å². The van der Waals surface area contributed by atoms with E-state index in [0.717, 1.165) is 36.2 Å². The van der Waals surface area contributed by atoms with Crippen molar-refractivity contribution in [3.63, 3.8) is 0 Å². The van der Waals surface area contributed by atoms with Crippen molar-refractivity contribution < 1.29 is 4.79 Å². The number of benzene rings is 4. The highest BCUT2D eigenvalue weighted by molar-refractivity contribution is 6.30. The Bertz CT molecular complexity index is 1270. The molecule has 0 radical (unpaired) electrons. The lowest BCUT2D eigenvalue weighted by Gasteiger charge is -2.12. The van der Waals surface area contributed by atoms with E-state index in [1.807, 2.05) is 60.7 Å². The molecule has 33 heavy (non-hydrogen) atoms. The van der Waals surface area contributed by atoms with Gasteiger partial charge in [-0.2, -0.15) is 0 Å². The van der Waals surface area contributed by atoms with Crippen LogP contribution < -0.4 is 10.6 Å². The van der Waals surface area contributed by atoms with Crippen molar-refractivity contribution in [1.82, 2.24) is 5.32 Å². The summed E-state index contributed by atoms with van der Waals surface area (Å²) < 4.78 is 0. The van der Waals surface area contributed by atoms with Gasteiger partial charge in [0.25, 0.3) is 5.91 Å². The zero-order valence-corrected chi connectivity index (χ0v) is 19.0. The summed E-state index contributed by atoms with van der Waals surface area (Å²) in [4.78, 5) is 13.1. The van der Waals surface area contributed by atoms with Crippen molar-refractivity contribution in [1.29, 1.82) is 0 Å². The van der Waals surface area contributed by atoms with Gasteiger partial charge in [-0.25, -0.2) is 0 Å². The molecule has 1 aliphatic rings. The van der Waals surface area contributed by atoms with Crippen LogP contribution in [-0.2, 0) is 19.4 Å². The highest BCUT2D eigenvalue weighted by Crippen LogP contribution is 2.28. The minimum Gasteiger partial charge on any atom is -0.322 e. The SMILES string of the molecule is O=C(Nc1ccc2c(c1)CC(NCc1ccccc1)C2)c1ccccc1-c1ccc(Cl)cc1. The number of rotatable bonds is 6. The van der Waals surface area contributed by atoms with Gasteiger partial charge in [0, 0.05) is 28.9 Å². The smallest absolute Gasteiger partial charge is 0.256 e. The molecule has 164 valence electrons. The van der Waals surface area contributed by atoms with Crippen molar-refractivity contribution in [3.05, 3.63) is 124 Å². The Morgan fingerprint density at radius 1 is 0.818 bits per heavy atom. The third-order valence-corrected chi connectivity index (χ3v) is 6.41. The fraction of sp³-hybridized carbons (Fsp3) is 0.138. The van der Waals surface area contributed by atoms with E-state index < -0.39 is 0 Å². The number of hydrogen-bond donors (Lipinski definition) is 2. The van der Waals surface area contributed by atoms with Crippen LogP contribution >= 0.6 is 11.6 Å². The molecular weight excluding hydrogens is 428 g/mol. The van der Waals surface area contributed by atoms with Gasteiger partial charge in [-0.05, 0) is 71.0 Å². The van der Waals surface area contributed by atoms with Gasteiger partial charge >= 0.3 is 0 Å². The number of carbonyl (C=O) groups is 1. The maximum Gasteiger partial charge on any atom is 0.256 e. The second kappa shape index (κ2) is 9.62. The van der Waals surface area contributed by atoms with Crippen LogP contribution in [0.4, 0.5) is 5.69 Å². The summed E-state index contributed by atoms with van der Waals surface area (Å²) in [5, 5.41) is 7.44. The predicted octanol–water partition coefficient (Wildman–Crippen LogP) is 6.52.